The maximum Gasteiger partial charge on any atom is 0.0485 e. The number of halogens is 1. The van der Waals surface area contributed by atoms with Gasteiger partial charge in [0, 0.05) is 15.7 Å². The van der Waals surface area contributed by atoms with E-state index in [9.17, 15) is 0 Å². The van der Waals surface area contributed by atoms with E-state index >= 15 is 0 Å². The number of fused-ring (bicyclic) bond motifs is 1. The molecule has 0 fully saturated rings. The summed E-state index contributed by atoms with van der Waals surface area (Å²) in [6.07, 6.45) is 3.79. The average Bonchev–Trinajstić information content (AvgIpc) is 2.87. The lowest BCUT2D eigenvalue weighted by atomic mass is 10.1. The van der Waals surface area contributed by atoms with Crippen molar-refractivity contribution >= 4 is 23.4 Å². The first-order valence-corrected chi connectivity index (χ1v) is 7.65. The molecule has 0 amide bonds. The van der Waals surface area contributed by atoms with E-state index < -0.39 is 0 Å². The Balaban J connectivity index is 1.88. The standard InChI is InChI=1S/C16H15ClS/c17-11-14-4-1-2-7-16(14)18-15-9-8-12-5-3-6-13(12)10-15/h1-2,4,7-10H,3,5-6,11H2. The van der Waals surface area contributed by atoms with E-state index in [0.29, 0.717) is 5.88 Å². The van der Waals surface area contributed by atoms with Gasteiger partial charge in [-0.15, -0.1) is 11.6 Å². The summed E-state index contributed by atoms with van der Waals surface area (Å²) < 4.78 is 0. The molecule has 2 heteroatoms. The van der Waals surface area contributed by atoms with E-state index in [2.05, 4.69) is 36.4 Å². The summed E-state index contributed by atoms with van der Waals surface area (Å²) in [6.45, 7) is 0. The summed E-state index contributed by atoms with van der Waals surface area (Å²) in [7, 11) is 0. The first-order chi connectivity index (χ1) is 8.86. The molecule has 0 saturated heterocycles. The highest BCUT2D eigenvalue weighted by atomic mass is 35.5. The molecule has 92 valence electrons. The molecule has 0 N–H and O–H groups in total. The van der Waals surface area contributed by atoms with E-state index in [-0.39, 0.29) is 0 Å². The fraction of sp³-hybridized carbons (Fsp3) is 0.250. The van der Waals surface area contributed by atoms with Gasteiger partial charge in [-0.2, -0.15) is 0 Å². The van der Waals surface area contributed by atoms with E-state index in [1.807, 2.05) is 17.8 Å². The summed E-state index contributed by atoms with van der Waals surface area (Å²) in [4.78, 5) is 2.60. The van der Waals surface area contributed by atoms with Crippen molar-refractivity contribution < 1.29 is 0 Å². The van der Waals surface area contributed by atoms with Crippen molar-refractivity contribution in [3.8, 4) is 0 Å². The Hall–Kier alpha value is -0.920. The van der Waals surface area contributed by atoms with E-state index in [1.165, 1.54) is 45.7 Å². The lowest BCUT2D eigenvalue weighted by Gasteiger charge is -2.08. The van der Waals surface area contributed by atoms with E-state index in [1.54, 1.807) is 0 Å². The Morgan fingerprint density at radius 3 is 2.72 bits per heavy atom. The molecule has 0 heterocycles. The van der Waals surface area contributed by atoms with Gasteiger partial charge in [-0.3, -0.25) is 0 Å². The van der Waals surface area contributed by atoms with Crippen molar-refractivity contribution in [3.63, 3.8) is 0 Å². The highest BCUT2D eigenvalue weighted by molar-refractivity contribution is 7.99. The van der Waals surface area contributed by atoms with Gasteiger partial charge in [-0.1, -0.05) is 36.0 Å². The zero-order chi connectivity index (χ0) is 12.4. The Labute approximate surface area is 117 Å². The van der Waals surface area contributed by atoms with Crippen molar-refractivity contribution in [1.82, 2.24) is 0 Å². The quantitative estimate of drug-likeness (QED) is 0.705. The highest BCUT2D eigenvalue weighted by Gasteiger charge is 2.11. The second kappa shape index (κ2) is 5.38. The predicted molar refractivity (Wildman–Crippen MR) is 78.6 cm³/mol. The van der Waals surface area contributed by atoms with Crippen LogP contribution in [0.3, 0.4) is 0 Å². The smallest absolute Gasteiger partial charge is 0.0485 e. The Morgan fingerprint density at radius 1 is 1.00 bits per heavy atom. The molecule has 0 atom stereocenters. The second-order valence-electron chi connectivity index (χ2n) is 4.63. The molecule has 1 aliphatic rings. The normalized spacial score (nSPS) is 13.6. The molecule has 2 aromatic carbocycles. The molecule has 0 radical (unpaired) electrons. The summed E-state index contributed by atoms with van der Waals surface area (Å²) in [5.41, 5.74) is 4.28. The summed E-state index contributed by atoms with van der Waals surface area (Å²) >= 11 is 7.80. The highest BCUT2D eigenvalue weighted by Crippen LogP contribution is 2.34. The minimum Gasteiger partial charge on any atom is -0.122 e. The Morgan fingerprint density at radius 2 is 1.83 bits per heavy atom. The third kappa shape index (κ3) is 2.43. The van der Waals surface area contributed by atoms with Crippen LogP contribution in [0.5, 0.6) is 0 Å². The number of hydrogen-bond acceptors (Lipinski definition) is 1. The summed E-state index contributed by atoms with van der Waals surface area (Å²) in [6, 6.07) is 15.2. The number of benzene rings is 2. The van der Waals surface area contributed by atoms with Crippen LogP contribution in [0.25, 0.3) is 0 Å². The van der Waals surface area contributed by atoms with E-state index in [0.717, 1.165) is 0 Å². The minimum atomic E-state index is 0.577. The first kappa shape index (κ1) is 12.1. The molecule has 1 aliphatic carbocycles. The number of hydrogen-bond donors (Lipinski definition) is 0. The molecule has 0 spiro atoms. The molecule has 0 aliphatic heterocycles. The molecule has 3 rings (SSSR count). The lowest BCUT2D eigenvalue weighted by molar-refractivity contribution is 0.911. The van der Waals surface area contributed by atoms with Gasteiger partial charge in [0.1, 0.15) is 0 Å². The Bertz CT molecular complexity index is 563. The fourth-order valence-corrected chi connectivity index (χ4v) is 3.77. The third-order valence-corrected chi connectivity index (χ3v) is 4.81. The summed E-state index contributed by atoms with van der Waals surface area (Å²) in [5.74, 6) is 0.577. The SMILES string of the molecule is ClCc1ccccc1Sc1ccc2c(c1)CCC2. The van der Waals surface area contributed by atoms with Crippen molar-refractivity contribution in [1.29, 1.82) is 0 Å². The predicted octanol–water partition coefficient (Wildman–Crippen LogP) is 5.07. The van der Waals surface area contributed by atoms with Gasteiger partial charge in [0.2, 0.25) is 0 Å². The third-order valence-electron chi connectivity index (χ3n) is 3.41. The van der Waals surface area contributed by atoms with Gasteiger partial charge in [-0.25, -0.2) is 0 Å². The van der Waals surface area contributed by atoms with Crippen LogP contribution in [-0.4, -0.2) is 0 Å². The maximum absolute atomic E-state index is 5.98. The van der Waals surface area contributed by atoms with Crippen LogP contribution in [-0.2, 0) is 18.7 Å². The van der Waals surface area contributed by atoms with Crippen molar-refractivity contribution in [2.75, 3.05) is 0 Å². The van der Waals surface area contributed by atoms with Crippen LogP contribution in [0.2, 0.25) is 0 Å². The monoisotopic (exact) mass is 274 g/mol. The second-order valence-corrected chi connectivity index (χ2v) is 6.01. The lowest BCUT2D eigenvalue weighted by Crippen LogP contribution is -1.85. The number of alkyl halides is 1. The minimum absolute atomic E-state index is 0.577. The van der Waals surface area contributed by atoms with Gasteiger partial charge < -0.3 is 0 Å². The van der Waals surface area contributed by atoms with Crippen LogP contribution in [0.1, 0.15) is 23.1 Å². The van der Waals surface area contributed by atoms with Crippen molar-refractivity contribution in [2.45, 2.75) is 34.9 Å². The molecular formula is C16H15ClS. The molecule has 0 saturated carbocycles. The maximum atomic E-state index is 5.98. The topological polar surface area (TPSA) is 0 Å². The molecule has 0 bridgehead atoms. The van der Waals surface area contributed by atoms with Crippen LogP contribution >= 0.6 is 23.4 Å². The molecule has 0 unspecified atom stereocenters. The molecule has 2 aromatic rings. The summed E-state index contributed by atoms with van der Waals surface area (Å²) in [5, 5.41) is 0. The van der Waals surface area contributed by atoms with Crippen LogP contribution in [0, 0.1) is 0 Å². The number of rotatable bonds is 3. The van der Waals surface area contributed by atoms with Crippen molar-refractivity contribution in [2.24, 2.45) is 0 Å². The molecule has 0 aromatic heterocycles. The molecular weight excluding hydrogens is 260 g/mol. The van der Waals surface area contributed by atoms with Crippen molar-refractivity contribution in [3.05, 3.63) is 59.2 Å². The fourth-order valence-electron chi connectivity index (χ4n) is 2.45. The zero-order valence-electron chi connectivity index (χ0n) is 10.2. The molecule has 18 heavy (non-hydrogen) atoms. The van der Waals surface area contributed by atoms with Gasteiger partial charge in [0.05, 0.1) is 0 Å². The molecule has 0 nitrogen and oxygen atoms in total. The first-order valence-electron chi connectivity index (χ1n) is 6.30. The Kier molecular flexibility index (Phi) is 3.62. The number of aryl methyl sites for hydroxylation is 2. The zero-order valence-corrected chi connectivity index (χ0v) is 11.7. The average molecular weight is 275 g/mol. The van der Waals surface area contributed by atoms with Gasteiger partial charge in [0.15, 0.2) is 0 Å². The van der Waals surface area contributed by atoms with Crippen LogP contribution in [0.4, 0.5) is 0 Å². The van der Waals surface area contributed by atoms with Gasteiger partial charge >= 0.3 is 0 Å². The van der Waals surface area contributed by atoms with Crippen LogP contribution in [0.15, 0.2) is 52.3 Å². The van der Waals surface area contributed by atoms with E-state index in [4.69, 9.17) is 11.6 Å². The van der Waals surface area contributed by atoms with Gasteiger partial charge in [0.25, 0.3) is 0 Å². The largest absolute Gasteiger partial charge is 0.122 e. The van der Waals surface area contributed by atoms with Crippen LogP contribution < -0.4 is 0 Å². The van der Waals surface area contributed by atoms with Gasteiger partial charge in [-0.05, 0) is 54.2 Å².